The Hall–Kier alpha value is -1.32. The number of fused-ring (bicyclic) bond motifs is 3. The normalized spacial score (nSPS) is 28.3. The Balaban J connectivity index is 1.52. The van der Waals surface area contributed by atoms with E-state index < -0.39 is 6.10 Å². The summed E-state index contributed by atoms with van der Waals surface area (Å²) in [6.07, 6.45) is 3.50. The van der Waals surface area contributed by atoms with Crippen molar-refractivity contribution in [3.05, 3.63) is 36.1 Å². The summed E-state index contributed by atoms with van der Waals surface area (Å²) >= 11 is 0. The number of likely N-dealkylation sites (tertiary alicyclic amines) is 1. The van der Waals surface area contributed by atoms with Gasteiger partial charge in [0.15, 0.2) is 0 Å². The minimum Gasteiger partial charge on any atom is -0.458 e. The van der Waals surface area contributed by atoms with E-state index in [1.807, 2.05) is 30.3 Å². The molecule has 1 aromatic heterocycles. The summed E-state index contributed by atoms with van der Waals surface area (Å²) in [6.45, 7) is 1.86. The Labute approximate surface area is 112 Å². The number of para-hydroxylation sites is 1. The first kappa shape index (κ1) is 11.5. The van der Waals surface area contributed by atoms with Crippen molar-refractivity contribution in [1.82, 2.24) is 4.90 Å². The molecule has 1 saturated carbocycles. The van der Waals surface area contributed by atoms with E-state index in [4.69, 9.17) is 4.42 Å². The van der Waals surface area contributed by atoms with E-state index in [-0.39, 0.29) is 0 Å². The van der Waals surface area contributed by atoms with Crippen LogP contribution < -0.4 is 0 Å². The second-order valence-corrected chi connectivity index (χ2v) is 5.99. The molecule has 3 unspecified atom stereocenters. The van der Waals surface area contributed by atoms with E-state index in [1.165, 1.54) is 19.3 Å². The van der Waals surface area contributed by atoms with Crippen LogP contribution in [0.2, 0.25) is 0 Å². The van der Waals surface area contributed by atoms with Gasteiger partial charge < -0.3 is 9.52 Å². The maximum Gasteiger partial charge on any atom is 0.135 e. The minimum atomic E-state index is -0.508. The van der Waals surface area contributed by atoms with Gasteiger partial charge in [0.25, 0.3) is 0 Å². The summed E-state index contributed by atoms with van der Waals surface area (Å²) in [7, 11) is 0. The number of aliphatic hydroxyl groups excluding tert-OH is 1. The Kier molecular flexibility index (Phi) is 2.64. The van der Waals surface area contributed by atoms with Gasteiger partial charge in [0.05, 0.1) is 0 Å². The van der Waals surface area contributed by atoms with Gasteiger partial charge in [-0.3, -0.25) is 4.90 Å². The van der Waals surface area contributed by atoms with E-state index in [2.05, 4.69) is 4.90 Å². The topological polar surface area (TPSA) is 36.6 Å². The summed E-state index contributed by atoms with van der Waals surface area (Å²) in [5.41, 5.74) is 0.861. The number of furan rings is 1. The average Bonchev–Trinajstić information content (AvgIpc) is 3.12. The Morgan fingerprint density at radius 1 is 1.32 bits per heavy atom. The fraction of sp³-hybridized carbons (Fsp3) is 0.500. The highest BCUT2D eigenvalue weighted by Crippen LogP contribution is 2.38. The number of nitrogens with zero attached hydrogens (tertiary/aromatic N) is 1. The quantitative estimate of drug-likeness (QED) is 0.918. The maximum absolute atomic E-state index is 10.4. The van der Waals surface area contributed by atoms with Crippen molar-refractivity contribution in [2.75, 3.05) is 13.1 Å². The number of β-amino-alcohol motifs (C(OH)–C–C–N with tert-alkyl or cyclic N) is 1. The molecule has 2 aliphatic rings. The predicted molar refractivity (Wildman–Crippen MR) is 73.9 cm³/mol. The fourth-order valence-corrected chi connectivity index (χ4v) is 3.73. The van der Waals surface area contributed by atoms with Crippen LogP contribution in [0, 0.1) is 5.92 Å². The highest BCUT2D eigenvalue weighted by atomic mass is 16.4. The second kappa shape index (κ2) is 4.36. The molecule has 2 aromatic rings. The Morgan fingerprint density at radius 2 is 2.21 bits per heavy atom. The molecule has 1 N–H and O–H groups in total. The van der Waals surface area contributed by atoms with Crippen molar-refractivity contribution in [1.29, 1.82) is 0 Å². The van der Waals surface area contributed by atoms with Crippen molar-refractivity contribution < 1.29 is 9.52 Å². The van der Waals surface area contributed by atoms with Crippen LogP contribution >= 0.6 is 0 Å². The van der Waals surface area contributed by atoms with Gasteiger partial charge in [0, 0.05) is 24.5 Å². The average molecular weight is 257 g/mol. The number of rotatable bonds is 3. The molecule has 0 amide bonds. The second-order valence-electron chi connectivity index (χ2n) is 5.99. The zero-order valence-corrected chi connectivity index (χ0v) is 11.0. The Morgan fingerprint density at radius 3 is 2.95 bits per heavy atom. The SMILES string of the molecule is OC(CN1CC2CCC1C2)c1cc2ccccc2o1. The predicted octanol–water partition coefficient (Wildman–Crippen LogP) is 2.95. The standard InChI is InChI=1S/C16H19NO2/c18-14(10-17-9-11-5-6-13(17)7-11)16-8-12-3-1-2-4-15(12)19-16/h1-4,8,11,13-14,18H,5-7,9-10H2. The van der Waals surface area contributed by atoms with Crippen LogP contribution in [-0.4, -0.2) is 29.1 Å². The number of benzene rings is 1. The van der Waals surface area contributed by atoms with Crippen LogP contribution in [0.1, 0.15) is 31.1 Å². The third-order valence-electron chi connectivity index (χ3n) is 4.70. The third kappa shape index (κ3) is 1.97. The monoisotopic (exact) mass is 257 g/mol. The zero-order chi connectivity index (χ0) is 12.8. The van der Waals surface area contributed by atoms with Crippen LogP contribution in [0.5, 0.6) is 0 Å². The van der Waals surface area contributed by atoms with Crippen LogP contribution in [0.4, 0.5) is 0 Å². The molecular formula is C16H19NO2. The molecule has 0 spiro atoms. The number of hydrogen-bond acceptors (Lipinski definition) is 3. The van der Waals surface area contributed by atoms with Gasteiger partial charge in [0.1, 0.15) is 17.4 Å². The van der Waals surface area contributed by atoms with Crippen molar-refractivity contribution in [3.8, 4) is 0 Å². The highest BCUT2D eigenvalue weighted by molar-refractivity contribution is 5.77. The lowest BCUT2D eigenvalue weighted by Crippen LogP contribution is -2.35. The molecule has 100 valence electrons. The fourth-order valence-electron chi connectivity index (χ4n) is 3.73. The van der Waals surface area contributed by atoms with Crippen molar-refractivity contribution in [2.24, 2.45) is 5.92 Å². The zero-order valence-electron chi connectivity index (χ0n) is 11.0. The van der Waals surface area contributed by atoms with E-state index in [0.29, 0.717) is 18.3 Å². The molecule has 0 radical (unpaired) electrons. The molecule has 1 aliphatic heterocycles. The molecule has 3 nitrogen and oxygen atoms in total. The summed E-state index contributed by atoms with van der Waals surface area (Å²) in [6, 6.07) is 10.6. The van der Waals surface area contributed by atoms with Gasteiger partial charge in [-0.2, -0.15) is 0 Å². The van der Waals surface area contributed by atoms with E-state index in [9.17, 15) is 5.11 Å². The number of piperidine rings is 1. The van der Waals surface area contributed by atoms with Crippen LogP contribution in [-0.2, 0) is 0 Å². The number of hydrogen-bond donors (Lipinski definition) is 1. The maximum atomic E-state index is 10.4. The van der Waals surface area contributed by atoms with E-state index in [1.54, 1.807) is 0 Å². The highest BCUT2D eigenvalue weighted by Gasteiger charge is 2.38. The Bertz CT molecular complexity index is 558. The van der Waals surface area contributed by atoms with Gasteiger partial charge in [-0.05, 0) is 37.3 Å². The summed E-state index contributed by atoms with van der Waals surface area (Å²) < 4.78 is 5.74. The summed E-state index contributed by atoms with van der Waals surface area (Å²) in [5.74, 6) is 1.57. The van der Waals surface area contributed by atoms with Crippen LogP contribution in [0.3, 0.4) is 0 Å². The molecular weight excluding hydrogens is 238 g/mol. The van der Waals surface area contributed by atoms with Crippen molar-refractivity contribution in [3.63, 3.8) is 0 Å². The smallest absolute Gasteiger partial charge is 0.135 e. The van der Waals surface area contributed by atoms with Gasteiger partial charge in [-0.25, -0.2) is 0 Å². The first-order valence-corrected chi connectivity index (χ1v) is 7.20. The molecule has 19 heavy (non-hydrogen) atoms. The van der Waals surface area contributed by atoms with Crippen LogP contribution in [0.15, 0.2) is 34.7 Å². The van der Waals surface area contributed by atoms with Crippen molar-refractivity contribution >= 4 is 11.0 Å². The first-order valence-electron chi connectivity index (χ1n) is 7.20. The minimum absolute atomic E-state index is 0.508. The number of aliphatic hydroxyl groups is 1. The molecule has 1 aliphatic carbocycles. The molecule has 2 bridgehead atoms. The van der Waals surface area contributed by atoms with Crippen molar-refractivity contribution in [2.45, 2.75) is 31.4 Å². The lowest BCUT2D eigenvalue weighted by Gasteiger charge is -2.28. The molecule has 1 aromatic carbocycles. The van der Waals surface area contributed by atoms with E-state index in [0.717, 1.165) is 23.4 Å². The molecule has 3 heteroatoms. The van der Waals surface area contributed by atoms with Gasteiger partial charge in [0.2, 0.25) is 0 Å². The first-order chi connectivity index (χ1) is 9.29. The van der Waals surface area contributed by atoms with E-state index >= 15 is 0 Å². The molecule has 2 fully saturated rings. The van der Waals surface area contributed by atoms with Gasteiger partial charge >= 0.3 is 0 Å². The van der Waals surface area contributed by atoms with Crippen LogP contribution in [0.25, 0.3) is 11.0 Å². The summed E-state index contributed by atoms with van der Waals surface area (Å²) in [4.78, 5) is 2.44. The molecule has 4 rings (SSSR count). The van der Waals surface area contributed by atoms with Gasteiger partial charge in [-0.1, -0.05) is 18.2 Å². The molecule has 1 saturated heterocycles. The third-order valence-corrected chi connectivity index (χ3v) is 4.70. The molecule has 3 atom stereocenters. The largest absolute Gasteiger partial charge is 0.458 e. The molecule has 2 heterocycles. The lowest BCUT2D eigenvalue weighted by atomic mass is 10.1. The summed E-state index contributed by atoms with van der Waals surface area (Å²) in [5, 5.41) is 11.4. The lowest BCUT2D eigenvalue weighted by molar-refractivity contribution is 0.0804. The van der Waals surface area contributed by atoms with Gasteiger partial charge in [-0.15, -0.1) is 0 Å².